The molecule has 5 N–H and O–H groups in total. The van der Waals surface area contributed by atoms with Crippen molar-refractivity contribution in [2.75, 3.05) is 31.5 Å². The van der Waals surface area contributed by atoms with Crippen LogP contribution in [0.2, 0.25) is 0 Å². The van der Waals surface area contributed by atoms with Crippen LogP contribution in [0.15, 0.2) is 66.7 Å². The zero-order valence-electron chi connectivity index (χ0n) is 22.5. The molecule has 1 fully saturated rings. The number of nitrogens with zero attached hydrogens (tertiary/aromatic N) is 1. The van der Waals surface area contributed by atoms with Crippen LogP contribution in [0.1, 0.15) is 40.9 Å². The number of halogens is 3. The number of nitrogens with one attached hydrogen (secondary N) is 3. The topological polar surface area (TPSA) is 109 Å². The third-order valence-corrected chi connectivity index (χ3v) is 5.97. The molecular weight excluding hydrogens is 523 g/mol. The molecule has 40 heavy (non-hydrogen) atoms. The predicted octanol–water partition coefficient (Wildman–Crippen LogP) is 5.35. The molecule has 0 saturated carbocycles. The lowest BCUT2D eigenvalue weighted by Crippen LogP contribution is -2.42. The van der Waals surface area contributed by atoms with Gasteiger partial charge < -0.3 is 26.4 Å². The Morgan fingerprint density at radius 1 is 1.00 bits per heavy atom. The Bertz CT molecular complexity index is 1280. The van der Waals surface area contributed by atoms with Gasteiger partial charge in [-0.05, 0) is 54.1 Å². The van der Waals surface area contributed by atoms with Crippen molar-refractivity contribution in [1.29, 1.82) is 0 Å². The van der Waals surface area contributed by atoms with Crippen molar-refractivity contribution in [1.82, 2.24) is 15.5 Å². The summed E-state index contributed by atoms with van der Waals surface area (Å²) >= 11 is 0. The number of hydrogen-bond acceptors (Lipinski definition) is 5. The first-order valence-electron chi connectivity index (χ1n) is 13.0. The lowest BCUT2D eigenvalue weighted by molar-refractivity contribution is -0.137. The number of carbonyl (C=O) groups excluding carboxylic acids is 2. The fraction of sp³-hybridized carbons (Fsp3) is 0.310. The highest BCUT2D eigenvalue weighted by atomic mass is 19.4. The molecule has 0 unspecified atom stereocenters. The van der Waals surface area contributed by atoms with Crippen molar-refractivity contribution in [2.24, 2.45) is 5.73 Å². The molecule has 1 aliphatic heterocycles. The minimum Gasteiger partial charge on any atom is -0.457 e. The molecule has 0 radical (unpaired) electrons. The fourth-order valence-electron chi connectivity index (χ4n) is 4.06. The minimum absolute atomic E-state index is 0.0570. The Morgan fingerprint density at radius 2 is 1.68 bits per heavy atom. The SMILES string of the molecule is CC.NC(=O)c1ccc(Oc2ccccc2CNC(=O)Nc2cc(CN3CCNCC3)cc(C(F)(F)F)c2)cc1. The van der Waals surface area contributed by atoms with Crippen LogP contribution in [0.5, 0.6) is 11.5 Å². The summed E-state index contributed by atoms with van der Waals surface area (Å²) in [5, 5.41) is 8.40. The van der Waals surface area contributed by atoms with Crippen LogP contribution in [-0.4, -0.2) is 43.0 Å². The Morgan fingerprint density at radius 3 is 2.33 bits per heavy atom. The van der Waals surface area contributed by atoms with Gasteiger partial charge in [-0.25, -0.2) is 4.79 Å². The quantitative estimate of drug-likeness (QED) is 0.299. The number of benzene rings is 3. The van der Waals surface area contributed by atoms with Gasteiger partial charge in [-0.2, -0.15) is 13.2 Å². The maximum absolute atomic E-state index is 13.5. The monoisotopic (exact) mass is 557 g/mol. The maximum Gasteiger partial charge on any atom is 0.416 e. The second-order valence-electron chi connectivity index (χ2n) is 8.85. The number of amides is 3. The number of urea groups is 1. The first-order valence-corrected chi connectivity index (χ1v) is 13.0. The molecule has 3 amide bonds. The molecule has 1 heterocycles. The maximum atomic E-state index is 13.5. The molecule has 3 aromatic carbocycles. The lowest BCUT2D eigenvalue weighted by atomic mass is 10.1. The zero-order valence-corrected chi connectivity index (χ0v) is 22.5. The summed E-state index contributed by atoms with van der Waals surface area (Å²) in [5.41, 5.74) is 5.95. The van der Waals surface area contributed by atoms with Crippen LogP contribution in [0.3, 0.4) is 0 Å². The Kier molecular flexibility index (Phi) is 10.9. The van der Waals surface area contributed by atoms with E-state index in [0.29, 0.717) is 34.7 Å². The van der Waals surface area contributed by atoms with Crippen LogP contribution >= 0.6 is 0 Å². The van der Waals surface area contributed by atoms with Gasteiger partial charge in [0.25, 0.3) is 0 Å². The molecule has 0 bridgehead atoms. The summed E-state index contributed by atoms with van der Waals surface area (Å²) in [4.78, 5) is 25.9. The number of primary amides is 1. The van der Waals surface area contributed by atoms with E-state index in [4.69, 9.17) is 10.5 Å². The number of nitrogens with two attached hydrogens (primary N) is 1. The molecule has 0 spiro atoms. The molecule has 0 atom stereocenters. The molecule has 0 aromatic heterocycles. The second kappa shape index (κ2) is 14.3. The molecule has 8 nitrogen and oxygen atoms in total. The van der Waals surface area contributed by atoms with E-state index in [9.17, 15) is 22.8 Å². The van der Waals surface area contributed by atoms with Crippen LogP contribution in [0, 0.1) is 0 Å². The van der Waals surface area contributed by atoms with Crippen molar-refractivity contribution >= 4 is 17.6 Å². The van der Waals surface area contributed by atoms with E-state index in [-0.39, 0.29) is 12.2 Å². The number of para-hydroxylation sites is 1. The van der Waals surface area contributed by atoms with Gasteiger partial charge in [0.2, 0.25) is 5.91 Å². The van der Waals surface area contributed by atoms with Crippen LogP contribution in [0.4, 0.5) is 23.7 Å². The summed E-state index contributed by atoms with van der Waals surface area (Å²) in [6, 6.07) is 16.2. The summed E-state index contributed by atoms with van der Waals surface area (Å²) in [6.07, 6.45) is -4.54. The summed E-state index contributed by atoms with van der Waals surface area (Å²) in [6.45, 7) is 7.43. The standard InChI is InChI=1S/C27H28F3N5O3.C2H6/c28-27(29,30)21-13-18(17-35-11-9-32-10-12-35)14-22(15-21)34-26(37)33-16-20-3-1-2-4-24(20)38-23-7-5-19(6-8-23)25(31)36;1-2/h1-8,13-15,32H,9-12,16-17H2,(H2,31,36)(H2,33,34,37);1-2H3. The number of anilines is 1. The summed E-state index contributed by atoms with van der Waals surface area (Å²) in [5.74, 6) is 0.383. The Labute approximate surface area is 231 Å². The fourth-order valence-corrected chi connectivity index (χ4v) is 4.06. The third kappa shape index (κ3) is 8.99. The van der Waals surface area contributed by atoms with Gasteiger partial charge >= 0.3 is 12.2 Å². The molecule has 1 saturated heterocycles. The number of hydrogen-bond donors (Lipinski definition) is 4. The first-order chi connectivity index (χ1) is 19.2. The van der Waals surface area contributed by atoms with Gasteiger partial charge in [-0.3, -0.25) is 9.69 Å². The van der Waals surface area contributed by atoms with E-state index in [0.717, 1.165) is 38.3 Å². The van der Waals surface area contributed by atoms with Crippen molar-refractivity contribution in [3.8, 4) is 11.5 Å². The third-order valence-electron chi connectivity index (χ3n) is 5.97. The average molecular weight is 558 g/mol. The number of alkyl halides is 3. The van der Waals surface area contributed by atoms with Crippen molar-refractivity contribution in [2.45, 2.75) is 33.1 Å². The van der Waals surface area contributed by atoms with Crippen LogP contribution in [0.25, 0.3) is 0 Å². The van der Waals surface area contributed by atoms with Gasteiger partial charge in [-0.15, -0.1) is 0 Å². The number of carbonyl (C=O) groups is 2. The number of rotatable bonds is 8. The number of ether oxygens (including phenoxy) is 1. The normalized spacial score (nSPS) is 13.5. The summed E-state index contributed by atoms with van der Waals surface area (Å²) < 4.78 is 46.5. The second-order valence-corrected chi connectivity index (χ2v) is 8.85. The molecule has 3 aromatic rings. The molecule has 4 rings (SSSR count). The van der Waals surface area contributed by atoms with Crippen molar-refractivity contribution in [3.05, 3.63) is 89.0 Å². The van der Waals surface area contributed by atoms with Crippen LogP contribution in [-0.2, 0) is 19.3 Å². The highest BCUT2D eigenvalue weighted by Gasteiger charge is 2.31. The van der Waals surface area contributed by atoms with Crippen LogP contribution < -0.4 is 26.4 Å². The molecule has 11 heteroatoms. The predicted molar refractivity (Wildman–Crippen MR) is 148 cm³/mol. The van der Waals surface area contributed by atoms with Gasteiger partial charge in [0, 0.05) is 56.1 Å². The Hall–Kier alpha value is -4.09. The Balaban J connectivity index is 0.00000216. The minimum atomic E-state index is -4.54. The van der Waals surface area contributed by atoms with E-state index >= 15 is 0 Å². The molecule has 214 valence electrons. The van der Waals surface area contributed by atoms with E-state index in [1.165, 1.54) is 12.1 Å². The zero-order chi connectivity index (χ0) is 29.1. The van der Waals surface area contributed by atoms with Crippen molar-refractivity contribution < 1.29 is 27.5 Å². The largest absolute Gasteiger partial charge is 0.457 e. The van der Waals surface area contributed by atoms with Gasteiger partial charge in [0.15, 0.2) is 0 Å². The lowest BCUT2D eigenvalue weighted by Gasteiger charge is -2.27. The van der Waals surface area contributed by atoms with Gasteiger partial charge in [0.1, 0.15) is 11.5 Å². The smallest absolute Gasteiger partial charge is 0.416 e. The van der Waals surface area contributed by atoms with E-state index in [1.807, 2.05) is 13.8 Å². The average Bonchev–Trinajstić information content (AvgIpc) is 2.94. The molecule has 1 aliphatic rings. The highest BCUT2D eigenvalue weighted by molar-refractivity contribution is 5.92. The summed E-state index contributed by atoms with van der Waals surface area (Å²) in [7, 11) is 0. The first kappa shape index (κ1) is 30.5. The molecular formula is C29H34F3N5O3. The van der Waals surface area contributed by atoms with E-state index in [1.54, 1.807) is 42.5 Å². The van der Waals surface area contributed by atoms with Gasteiger partial charge in [0.05, 0.1) is 5.56 Å². The van der Waals surface area contributed by atoms with Gasteiger partial charge in [-0.1, -0.05) is 32.0 Å². The van der Waals surface area contributed by atoms with E-state index < -0.39 is 23.7 Å². The van der Waals surface area contributed by atoms with E-state index in [2.05, 4.69) is 20.9 Å². The number of piperazine rings is 1. The molecule has 0 aliphatic carbocycles. The highest BCUT2D eigenvalue weighted by Crippen LogP contribution is 2.32. The van der Waals surface area contributed by atoms with Crippen molar-refractivity contribution in [3.63, 3.8) is 0 Å².